The van der Waals surface area contributed by atoms with Gasteiger partial charge >= 0.3 is 0 Å². The van der Waals surface area contributed by atoms with Crippen LogP contribution in [0.25, 0.3) is 0 Å². The van der Waals surface area contributed by atoms with E-state index in [1.165, 1.54) is 6.20 Å². The molecule has 0 aliphatic rings. The van der Waals surface area contributed by atoms with Crippen molar-refractivity contribution in [2.75, 3.05) is 5.73 Å². The van der Waals surface area contributed by atoms with Gasteiger partial charge < -0.3 is 5.73 Å². The van der Waals surface area contributed by atoms with Crippen LogP contribution in [0.2, 0.25) is 5.15 Å². The second-order valence-corrected chi connectivity index (χ2v) is 2.56. The Kier molecular flexibility index (Phi) is 1.87. The molecule has 0 saturated carbocycles. The minimum atomic E-state index is 0.287. The van der Waals surface area contributed by atoms with Gasteiger partial charge in [0.1, 0.15) is 0 Å². The molecule has 1 aromatic rings. The van der Waals surface area contributed by atoms with Gasteiger partial charge in [-0.15, -0.1) is 5.10 Å². The Balaban J connectivity index is 3.25. The van der Waals surface area contributed by atoms with Gasteiger partial charge in [0, 0.05) is 0 Å². The van der Waals surface area contributed by atoms with Crippen molar-refractivity contribution >= 4 is 33.2 Å². The lowest BCUT2D eigenvalue weighted by atomic mass is 10.5. The van der Waals surface area contributed by atoms with E-state index in [0.29, 0.717) is 10.2 Å². The molecular formula is C4H3BrClN3. The zero-order valence-electron chi connectivity index (χ0n) is 4.31. The van der Waals surface area contributed by atoms with Crippen LogP contribution in [0.1, 0.15) is 0 Å². The summed E-state index contributed by atoms with van der Waals surface area (Å²) in [7, 11) is 0. The summed E-state index contributed by atoms with van der Waals surface area (Å²) in [4.78, 5) is 0. The summed E-state index contributed by atoms with van der Waals surface area (Å²) in [5.41, 5.74) is 5.88. The Morgan fingerprint density at radius 1 is 1.67 bits per heavy atom. The number of hydrogen-bond donors (Lipinski definition) is 1. The van der Waals surface area contributed by atoms with Gasteiger partial charge in [0.05, 0.1) is 16.4 Å². The molecular weight excluding hydrogens is 205 g/mol. The molecule has 2 N–H and O–H groups in total. The van der Waals surface area contributed by atoms with E-state index in [1.54, 1.807) is 0 Å². The van der Waals surface area contributed by atoms with Crippen molar-refractivity contribution in [1.82, 2.24) is 10.2 Å². The molecule has 9 heavy (non-hydrogen) atoms. The number of rotatable bonds is 0. The Hall–Kier alpha value is -0.350. The van der Waals surface area contributed by atoms with E-state index in [2.05, 4.69) is 26.1 Å². The highest BCUT2D eigenvalue weighted by molar-refractivity contribution is 9.10. The standard InChI is InChI=1S/C4H3BrClN3/c5-3-2(7)1-8-9-4(3)6/h1H,(H2,7,9). The van der Waals surface area contributed by atoms with Gasteiger partial charge in [-0.2, -0.15) is 5.10 Å². The SMILES string of the molecule is Nc1cnnc(Cl)c1Br. The van der Waals surface area contributed by atoms with E-state index in [0.717, 1.165) is 0 Å². The predicted molar refractivity (Wildman–Crippen MR) is 39.2 cm³/mol. The highest BCUT2D eigenvalue weighted by Gasteiger charge is 2.00. The van der Waals surface area contributed by atoms with Crippen LogP contribution in [0.3, 0.4) is 0 Å². The van der Waals surface area contributed by atoms with Crippen molar-refractivity contribution < 1.29 is 0 Å². The Labute approximate surface area is 65.3 Å². The Morgan fingerprint density at radius 3 is 2.78 bits per heavy atom. The number of aromatic nitrogens is 2. The minimum Gasteiger partial charge on any atom is -0.396 e. The molecule has 1 aromatic heterocycles. The fourth-order valence-electron chi connectivity index (χ4n) is 0.361. The monoisotopic (exact) mass is 207 g/mol. The summed E-state index contributed by atoms with van der Waals surface area (Å²) in [6, 6.07) is 0. The van der Waals surface area contributed by atoms with Gasteiger partial charge in [-0.25, -0.2) is 0 Å². The van der Waals surface area contributed by atoms with E-state index in [1.807, 2.05) is 0 Å². The fourth-order valence-corrected chi connectivity index (χ4v) is 0.696. The summed E-state index contributed by atoms with van der Waals surface area (Å²) < 4.78 is 0.596. The smallest absolute Gasteiger partial charge is 0.167 e. The number of nitrogen functional groups attached to an aromatic ring is 1. The first-order valence-electron chi connectivity index (χ1n) is 2.14. The molecule has 1 heterocycles. The van der Waals surface area contributed by atoms with Gasteiger partial charge in [0.2, 0.25) is 0 Å². The molecule has 0 aromatic carbocycles. The second-order valence-electron chi connectivity index (χ2n) is 1.40. The van der Waals surface area contributed by atoms with E-state index in [4.69, 9.17) is 17.3 Å². The van der Waals surface area contributed by atoms with Crippen molar-refractivity contribution in [3.8, 4) is 0 Å². The van der Waals surface area contributed by atoms with E-state index >= 15 is 0 Å². The van der Waals surface area contributed by atoms with Crippen LogP contribution in [-0.2, 0) is 0 Å². The van der Waals surface area contributed by atoms with Gasteiger partial charge in [0.15, 0.2) is 5.15 Å². The third-order valence-electron chi connectivity index (χ3n) is 0.777. The Morgan fingerprint density at radius 2 is 2.33 bits per heavy atom. The molecule has 0 unspecified atom stereocenters. The zero-order valence-corrected chi connectivity index (χ0v) is 6.65. The number of hydrogen-bond acceptors (Lipinski definition) is 3. The molecule has 0 aliphatic heterocycles. The lowest BCUT2D eigenvalue weighted by Crippen LogP contribution is -1.90. The van der Waals surface area contributed by atoms with Crippen molar-refractivity contribution in [3.63, 3.8) is 0 Å². The summed E-state index contributed by atoms with van der Waals surface area (Å²) >= 11 is 8.63. The van der Waals surface area contributed by atoms with Gasteiger partial charge in [-0.3, -0.25) is 0 Å². The Bertz CT molecular complexity index is 207. The maximum atomic E-state index is 5.51. The van der Waals surface area contributed by atoms with Crippen LogP contribution in [0.15, 0.2) is 10.7 Å². The van der Waals surface area contributed by atoms with Crippen LogP contribution in [0.4, 0.5) is 5.69 Å². The maximum absolute atomic E-state index is 5.51. The van der Waals surface area contributed by atoms with Crippen molar-refractivity contribution in [2.45, 2.75) is 0 Å². The normalized spacial score (nSPS) is 9.56. The molecule has 0 fully saturated rings. The third-order valence-corrected chi connectivity index (χ3v) is 2.10. The summed E-state index contributed by atoms with van der Waals surface area (Å²) in [5.74, 6) is 0. The highest BCUT2D eigenvalue weighted by Crippen LogP contribution is 2.23. The largest absolute Gasteiger partial charge is 0.396 e. The number of anilines is 1. The molecule has 1 rings (SSSR count). The first-order chi connectivity index (χ1) is 4.22. The number of nitrogens with two attached hydrogens (primary N) is 1. The predicted octanol–water partition coefficient (Wildman–Crippen LogP) is 1.47. The first-order valence-corrected chi connectivity index (χ1v) is 3.31. The minimum absolute atomic E-state index is 0.287. The quantitative estimate of drug-likeness (QED) is 0.702. The second kappa shape index (κ2) is 2.49. The topological polar surface area (TPSA) is 51.8 Å². The van der Waals surface area contributed by atoms with Gasteiger partial charge in [0.25, 0.3) is 0 Å². The molecule has 0 aliphatic carbocycles. The summed E-state index contributed by atoms with van der Waals surface area (Å²) in [6.45, 7) is 0. The maximum Gasteiger partial charge on any atom is 0.167 e. The lowest BCUT2D eigenvalue weighted by molar-refractivity contribution is 1.03. The molecule has 3 nitrogen and oxygen atoms in total. The van der Waals surface area contributed by atoms with Gasteiger partial charge in [-0.1, -0.05) is 11.6 Å². The first kappa shape index (κ1) is 6.77. The summed E-state index contributed by atoms with van der Waals surface area (Å²) in [6.07, 6.45) is 1.43. The zero-order chi connectivity index (χ0) is 6.85. The molecule has 5 heteroatoms. The molecule has 0 atom stereocenters. The number of halogens is 2. The van der Waals surface area contributed by atoms with Gasteiger partial charge in [-0.05, 0) is 15.9 Å². The molecule has 0 bridgehead atoms. The van der Waals surface area contributed by atoms with Crippen LogP contribution < -0.4 is 5.73 Å². The van der Waals surface area contributed by atoms with Crippen LogP contribution in [-0.4, -0.2) is 10.2 Å². The number of nitrogens with zero attached hydrogens (tertiary/aromatic N) is 2. The molecule has 48 valence electrons. The van der Waals surface area contributed by atoms with Crippen LogP contribution in [0.5, 0.6) is 0 Å². The van der Waals surface area contributed by atoms with Crippen molar-refractivity contribution in [2.24, 2.45) is 0 Å². The fraction of sp³-hybridized carbons (Fsp3) is 0. The molecule has 0 radical (unpaired) electrons. The molecule has 0 amide bonds. The average molecular weight is 208 g/mol. The summed E-state index contributed by atoms with van der Waals surface area (Å²) in [5, 5.41) is 7.32. The average Bonchev–Trinajstić information content (AvgIpc) is 1.83. The molecule has 0 saturated heterocycles. The van der Waals surface area contributed by atoms with E-state index in [-0.39, 0.29) is 5.15 Å². The van der Waals surface area contributed by atoms with Crippen LogP contribution in [0, 0.1) is 0 Å². The third kappa shape index (κ3) is 1.31. The highest BCUT2D eigenvalue weighted by atomic mass is 79.9. The lowest BCUT2D eigenvalue weighted by Gasteiger charge is -1.94. The van der Waals surface area contributed by atoms with Crippen molar-refractivity contribution in [1.29, 1.82) is 0 Å². The molecule has 0 spiro atoms. The van der Waals surface area contributed by atoms with Crippen molar-refractivity contribution in [3.05, 3.63) is 15.8 Å². The van der Waals surface area contributed by atoms with E-state index < -0.39 is 0 Å². The van der Waals surface area contributed by atoms with Crippen LogP contribution >= 0.6 is 27.5 Å². The van der Waals surface area contributed by atoms with E-state index in [9.17, 15) is 0 Å².